The zero-order chi connectivity index (χ0) is 19.3. The Labute approximate surface area is 166 Å². The van der Waals surface area contributed by atoms with E-state index < -0.39 is 0 Å². The van der Waals surface area contributed by atoms with E-state index in [1.54, 1.807) is 4.90 Å². The highest BCUT2D eigenvalue weighted by molar-refractivity contribution is 5.90. The van der Waals surface area contributed by atoms with E-state index in [-0.39, 0.29) is 6.03 Å². The molecule has 148 valence electrons. The molecule has 3 N–H and O–H groups in total. The Hall–Kier alpha value is -2.44. The van der Waals surface area contributed by atoms with Gasteiger partial charge in [0.1, 0.15) is 0 Å². The highest BCUT2D eigenvalue weighted by Crippen LogP contribution is 2.31. The van der Waals surface area contributed by atoms with Gasteiger partial charge in [-0.25, -0.2) is 4.79 Å². The summed E-state index contributed by atoms with van der Waals surface area (Å²) in [5, 5.41) is 3.10. The third kappa shape index (κ3) is 4.34. The Kier molecular flexibility index (Phi) is 5.88. The first-order valence-corrected chi connectivity index (χ1v) is 10.2. The fourth-order valence-electron chi connectivity index (χ4n) is 4.41. The maximum atomic E-state index is 12.8. The van der Waals surface area contributed by atoms with Crippen LogP contribution in [0.4, 0.5) is 10.5 Å². The summed E-state index contributed by atoms with van der Waals surface area (Å²) in [6, 6.07) is 14.8. The van der Waals surface area contributed by atoms with Crippen LogP contribution < -0.4 is 16.2 Å². The van der Waals surface area contributed by atoms with Gasteiger partial charge in [0.2, 0.25) is 0 Å². The zero-order valence-electron chi connectivity index (χ0n) is 16.4. The van der Waals surface area contributed by atoms with Crippen molar-refractivity contribution >= 4 is 11.7 Å². The molecule has 1 aliphatic carbocycles. The monoisotopic (exact) mass is 379 g/mol. The van der Waals surface area contributed by atoms with Crippen molar-refractivity contribution in [1.29, 1.82) is 0 Å². The summed E-state index contributed by atoms with van der Waals surface area (Å²) < 4.78 is 0. The van der Waals surface area contributed by atoms with E-state index in [1.807, 2.05) is 49.6 Å². The van der Waals surface area contributed by atoms with Crippen LogP contribution in [-0.2, 0) is 12.8 Å². The summed E-state index contributed by atoms with van der Waals surface area (Å²) in [5.74, 6) is 0.626. The van der Waals surface area contributed by atoms with E-state index in [4.69, 9.17) is 0 Å². The molecule has 1 aliphatic heterocycles. The van der Waals surface area contributed by atoms with E-state index in [1.165, 1.54) is 19.3 Å². The number of nitrogens with one attached hydrogen (secondary N) is 3. The Morgan fingerprint density at radius 2 is 2.00 bits per heavy atom. The third-order valence-electron chi connectivity index (χ3n) is 5.99. The molecule has 1 aromatic carbocycles. The number of urea groups is 1. The molecular weight excluding hydrogens is 350 g/mol. The number of likely N-dealkylation sites (N-methyl/N-ethyl adjacent to an activating group) is 1. The maximum Gasteiger partial charge on any atom is 0.321 e. The molecule has 1 aromatic heterocycles. The van der Waals surface area contributed by atoms with Crippen molar-refractivity contribution in [3.63, 3.8) is 0 Å². The highest BCUT2D eigenvalue weighted by atomic mass is 16.2. The molecular formula is C22H29N5O. The lowest BCUT2D eigenvalue weighted by molar-refractivity contribution is 0.213. The molecule has 2 aliphatic rings. The number of aryl methyl sites for hydroxylation is 2. The molecule has 2 fully saturated rings. The number of anilines is 1. The third-order valence-corrected chi connectivity index (χ3v) is 5.99. The molecule has 6 nitrogen and oxygen atoms in total. The minimum atomic E-state index is -0.0615. The first-order chi connectivity index (χ1) is 13.7. The molecule has 1 saturated carbocycles. The van der Waals surface area contributed by atoms with Crippen LogP contribution in [0, 0.1) is 5.92 Å². The molecule has 2 amide bonds. The number of benzene rings is 1. The van der Waals surface area contributed by atoms with Crippen LogP contribution in [-0.4, -0.2) is 41.6 Å². The Balaban J connectivity index is 1.35. The van der Waals surface area contributed by atoms with Crippen LogP contribution in [0.25, 0.3) is 0 Å². The fourth-order valence-corrected chi connectivity index (χ4v) is 4.41. The SMILES string of the molecule is CN(CC1NNC2CCCC21)C(=O)Nc1ccccc1CCc1ccccn1. The van der Waals surface area contributed by atoms with E-state index in [9.17, 15) is 4.79 Å². The van der Waals surface area contributed by atoms with Gasteiger partial charge in [0.05, 0.1) is 0 Å². The molecule has 3 unspecified atom stereocenters. The zero-order valence-corrected chi connectivity index (χ0v) is 16.4. The van der Waals surface area contributed by atoms with Gasteiger partial charge < -0.3 is 10.2 Å². The van der Waals surface area contributed by atoms with Crippen molar-refractivity contribution in [3.05, 3.63) is 59.9 Å². The average Bonchev–Trinajstić information content (AvgIpc) is 3.33. The lowest BCUT2D eigenvalue weighted by Gasteiger charge is -2.25. The first kappa shape index (κ1) is 18.9. The number of hydrogen-bond acceptors (Lipinski definition) is 4. The predicted octanol–water partition coefficient (Wildman–Crippen LogP) is 2.98. The van der Waals surface area contributed by atoms with E-state index in [0.717, 1.165) is 29.8 Å². The van der Waals surface area contributed by atoms with Crippen LogP contribution in [0.1, 0.15) is 30.5 Å². The number of hydrazine groups is 1. The predicted molar refractivity (Wildman–Crippen MR) is 111 cm³/mol. The normalized spacial score (nSPS) is 23.4. The number of fused-ring (bicyclic) bond motifs is 1. The average molecular weight is 380 g/mol. The van der Waals surface area contributed by atoms with Gasteiger partial charge in [-0.2, -0.15) is 0 Å². The summed E-state index contributed by atoms with van der Waals surface area (Å²) >= 11 is 0. The molecule has 1 saturated heterocycles. The van der Waals surface area contributed by atoms with Gasteiger partial charge in [-0.3, -0.25) is 15.8 Å². The van der Waals surface area contributed by atoms with E-state index in [0.29, 0.717) is 24.5 Å². The van der Waals surface area contributed by atoms with Gasteiger partial charge in [0.15, 0.2) is 0 Å². The number of aromatic nitrogens is 1. The smallest absolute Gasteiger partial charge is 0.321 e. The maximum absolute atomic E-state index is 12.8. The molecule has 4 rings (SSSR count). The van der Waals surface area contributed by atoms with Crippen molar-refractivity contribution in [3.8, 4) is 0 Å². The van der Waals surface area contributed by atoms with E-state index >= 15 is 0 Å². The molecule has 0 bridgehead atoms. The van der Waals surface area contributed by atoms with Gasteiger partial charge in [-0.1, -0.05) is 30.7 Å². The standard InChI is InChI=1S/C22H29N5O/c1-27(15-21-18-9-6-11-20(18)25-26-21)22(28)24-19-10-3-2-7-16(19)12-13-17-8-4-5-14-23-17/h2-5,7-8,10,14,18,20-21,25-26H,6,9,11-13,15H2,1H3,(H,24,28). The number of nitrogens with zero attached hydrogens (tertiary/aromatic N) is 2. The lowest BCUT2D eigenvalue weighted by Crippen LogP contribution is -2.44. The first-order valence-electron chi connectivity index (χ1n) is 10.2. The highest BCUT2D eigenvalue weighted by Gasteiger charge is 2.39. The minimum absolute atomic E-state index is 0.0615. The van der Waals surface area contributed by atoms with Gasteiger partial charge in [0, 0.05) is 43.3 Å². The fraction of sp³-hybridized carbons (Fsp3) is 0.455. The van der Waals surface area contributed by atoms with Crippen molar-refractivity contribution in [2.75, 3.05) is 18.9 Å². The quantitative estimate of drug-likeness (QED) is 0.722. The topological polar surface area (TPSA) is 69.3 Å². The largest absolute Gasteiger partial charge is 0.326 e. The van der Waals surface area contributed by atoms with Crippen LogP contribution >= 0.6 is 0 Å². The van der Waals surface area contributed by atoms with Crippen molar-refractivity contribution in [2.24, 2.45) is 5.92 Å². The molecule has 6 heteroatoms. The van der Waals surface area contributed by atoms with Gasteiger partial charge in [0.25, 0.3) is 0 Å². The number of carbonyl (C=O) groups excluding carboxylic acids is 1. The second-order valence-corrected chi connectivity index (χ2v) is 7.89. The summed E-state index contributed by atoms with van der Waals surface area (Å²) in [6.07, 6.45) is 7.26. The number of amides is 2. The minimum Gasteiger partial charge on any atom is -0.326 e. The summed E-state index contributed by atoms with van der Waals surface area (Å²) in [7, 11) is 1.87. The molecule has 3 atom stereocenters. The van der Waals surface area contributed by atoms with Crippen molar-refractivity contribution < 1.29 is 4.79 Å². The van der Waals surface area contributed by atoms with Gasteiger partial charge in [-0.15, -0.1) is 0 Å². The van der Waals surface area contributed by atoms with Crippen LogP contribution in [0.15, 0.2) is 48.7 Å². The molecule has 28 heavy (non-hydrogen) atoms. The Bertz CT molecular complexity index is 797. The van der Waals surface area contributed by atoms with Crippen LogP contribution in [0.2, 0.25) is 0 Å². The second kappa shape index (κ2) is 8.71. The molecule has 0 radical (unpaired) electrons. The van der Waals surface area contributed by atoms with Crippen molar-refractivity contribution in [1.82, 2.24) is 20.7 Å². The van der Waals surface area contributed by atoms with Gasteiger partial charge >= 0.3 is 6.03 Å². The lowest BCUT2D eigenvalue weighted by atomic mass is 9.97. The number of hydrogen-bond donors (Lipinski definition) is 3. The number of carbonyl (C=O) groups is 1. The Morgan fingerprint density at radius 3 is 2.86 bits per heavy atom. The second-order valence-electron chi connectivity index (χ2n) is 7.89. The van der Waals surface area contributed by atoms with Crippen LogP contribution in [0.5, 0.6) is 0 Å². The molecule has 2 heterocycles. The van der Waals surface area contributed by atoms with Crippen molar-refractivity contribution in [2.45, 2.75) is 44.2 Å². The summed E-state index contributed by atoms with van der Waals surface area (Å²) in [6.45, 7) is 0.704. The molecule has 2 aromatic rings. The number of rotatable bonds is 6. The van der Waals surface area contributed by atoms with Gasteiger partial charge in [-0.05, 0) is 55.4 Å². The Morgan fingerprint density at radius 1 is 1.14 bits per heavy atom. The summed E-state index contributed by atoms with van der Waals surface area (Å²) in [4.78, 5) is 18.9. The van der Waals surface area contributed by atoms with E-state index in [2.05, 4.69) is 27.2 Å². The molecule has 0 spiro atoms. The number of pyridine rings is 1. The summed E-state index contributed by atoms with van der Waals surface area (Å²) in [5.41, 5.74) is 9.84. The van der Waals surface area contributed by atoms with Crippen LogP contribution in [0.3, 0.4) is 0 Å². The number of para-hydroxylation sites is 1.